The third-order valence-electron chi connectivity index (χ3n) is 5.81. The van der Waals surface area contributed by atoms with Crippen LogP contribution >= 0.6 is 0 Å². The van der Waals surface area contributed by atoms with Crippen molar-refractivity contribution in [3.63, 3.8) is 0 Å². The molecule has 0 aromatic heterocycles. The molecule has 0 saturated carbocycles. The van der Waals surface area contributed by atoms with Crippen molar-refractivity contribution in [2.24, 2.45) is 5.92 Å². The molecule has 1 atom stereocenters. The van der Waals surface area contributed by atoms with Crippen molar-refractivity contribution >= 4 is 17.3 Å². The topological polar surface area (TPSA) is 60.4 Å². The Morgan fingerprint density at radius 2 is 1.11 bits per heavy atom. The van der Waals surface area contributed by atoms with Crippen LogP contribution in [0.2, 0.25) is 0 Å². The number of carbonyl (C=O) groups is 3. The summed E-state index contributed by atoms with van der Waals surface area (Å²) in [5.74, 6) is -0.845. The lowest BCUT2D eigenvalue weighted by Crippen LogP contribution is -2.23. The zero-order valence-corrected chi connectivity index (χ0v) is 20.4. The number of carbonyl (C=O) groups excluding carboxylic acids is 3. The van der Waals surface area contributed by atoms with Crippen molar-refractivity contribution in [2.75, 3.05) is 6.61 Å². The number of hydrogen-bond acceptors (Lipinski definition) is 4. The summed E-state index contributed by atoms with van der Waals surface area (Å²) >= 11 is 0. The van der Waals surface area contributed by atoms with Crippen LogP contribution in [0.1, 0.15) is 67.7 Å². The minimum Gasteiger partial charge on any atom is -0.365 e. The fourth-order valence-electron chi connectivity index (χ4n) is 4.05. The number of hydrogen-bond donors (Lipinski definition) is 0. The molecule has 1 unspecified atom stereocenters. The Kier molecular flexibility index (Phi) is 7.99. The van der Waals surface area contributed by atoms with Gasteiger partial charge in [0.25, 0.3) is 0 Å². The molecule has 0 aliphatic carbocycles. The quantitative estimate of drug-likeness (QED) is 0.238. The van der Waals surface area contributed by atoms with Gasteiger partial charge in [-0.15, -0.1) is 0 Å². The van der Waals surface area contributed by atoms with Gasteiger partial charge in [0.15, 0.2) is 17.3 Å². The number of ketones is 3. The first-order chi connectivity index (χ1) is 17.5. The van der Waals surface area contributed by atoms with Crippen LogP contribution in [0.15, 0.2) is 109 Å². The van der Waals surface area contributed by atoms with E-state index in [1.165, 1.54) is 0 Å². The average Bonchev–Trinajstić information content (AvgIpc) is 2.93. The molecule has 4 rings (SSSR count). The summed E-state index contributed by atoms with van der Waals surface area (Å²) in [6, 6.07) is 31.6. The van der Waals surface area contributed by atoms with Crippen LogP contribution in [0.4, 0.5) is 0 Å². The van der Waals surface area contributed by atoms with Gasteiger partial charge in [-0.05, 0) is 11.5 Å². The summed E-state index contributed by atoms with van der Waals surface area (Å²) in [5, 5.41) is 0. The second-order valence-electron chi connectivity index (χ2n) is 9.00. The van der Waals surface area contributed by atoms with Gasteiger partial charge >= 0.3 is 0 Å². The first-order valence-corrected chi connectivity index (χ1v) is 12.0. The molecule has 0 spiro atoms. The summed E-state index contributed by atoms with van der Waals surface area (Å²) in [7, 11) is 0. The molecule has 0 amide bonds. The maximum Gasteiger partial charge on any atom is 0.196 e. The molecule has 0 bridgehead atoms. The molecule has 0 saturated heterocycles. The fraction of sp³-hybridized carbons (Fsp3) is 0.156. The van der Waals surface area contributed by atoms with E-state index in [2.05, 4.69) is 0 Å². The molecule has 0 radical (unpaired) electrons. The van der Waals surface area contributed by atoms with Gasteiger partial charge in [-0.25, -0.2) is 0 Å². The molecule has 4 aromatic rings. The van der Waals surface area contributed by atoms with E-state index >= 15 is 0 Å². The standard InChI is InChI=1S/C32H28O4/c1-22(2)21-36-32(25-17-10-5-11-18-25)31(35)27-20-12-19-26(29(33)23-13-6-3-7-14-23)28(27)30(34)24-15-8-4-9-16-24/h3-20,22,32H,21H2,1-2H3. The van der Waals surface area contributed by atoms with Gasteiger partial charge in [-0.2, -0.15) is 0 Å². The summed E-state index contributed by atoms with van der Waals surface area (Å²) in [6.45, 7) is 4.39. The second kappa shape index (κ2) is 11.5. The Hall–Kier alpha value is -4.15. The van der Waals surface area contributed by atoms with Crippen molar-refractivity contribution in [3.05, 3.63) is 143 Å². The van der Waals surface area contributed by atoms with E-state index < -0.39 is 6.10 Å². The third kappa shape index (κ3) is 5.56. The minimum absolute atomic E-state index is 0.0941. The zero-order chi connectivity index (χ0) is 25.5. The monoisotopic (exact) mass is 476 g/mol. The van der Waals surface area contributed by atoms with E-state index in [0.29, 0.717) is 23.3 Å². The highest BCUT2D eigenvalue weighted by atomic mass is 16.5. The zero-order valence-electron chi connectivity index (χ0n) is 20.4. The van der Waals surface area contributed by atoms with E-state index in [1.807, 2.05) is 56.3 Å². The largest absolute Gasteiger partial charge is 0.365 e. The average molecular weight is 477 g/mol. The second-order valence-corrected chi connectivity index (χ2v) is 9.00. The molecule has 4 nitrogen and oxygen atoms in total. The van der Waals surface area contributed by atoms with Gasteiger partial charge in [0.2, 0.25) is 0 Å². The number of Topliss-reactive ketones (excluding diaryl/α,β-unsaturated/α-hetero) is 1. The van der Waals surface area contributed by atoms with Gasteiger partial charge in [0.1, 0.15) is 6.10 Å². The Labute approximate surface area is 211 Å². The van der Waals surface area contributed by atoms with Crippen molar-refractivity contribution in [1.82, 2.24) is 0 Å². The highest BCUT2D eigenvalue weighted by Gasteiger charge is 2.30. The predicted molar refractivity (Wildman–Crippen MR) is 140 cm³/mol. The molecular weight excluding hydrogens is 448 g/mol. The van der Waals surface area contributed by atoms with E-state index in [1.54, 1.807) is 66.7 Å². The smallest absolute Gasteiger partial charge is 0.196 e. The molecule has 0 N–H and O–H groups in total. The van der Waals surface area contributed by atoms with E-state index in [9.17, 15) is 14.4 Å². The summed E-state index contributed by atoms with van der Waals surface area (Å²) in [5.41, 5.74) is 2.00. The molecule has 0 fully saturated rings. The molecule has 0 aliphatic rings. The van der Waals surface area contributed by atoms with Crippen LogP contribution in [0.25, 0.3) is 0 Å². The maximum absolute atomic E-state index is 14.0. The van der Waals surface area contributed by atoms with Crippen LogP contribution in [0.3, 0.4) is 0 Å². The highest BCUT2D eigenvalue weighted by molar-refractivity contribution is 6.24. The van der Waals surface area contributed by atoms with Crippen molar-refractivity contribution in [2.45, 2.75) is 20.0 Å². The highest BCUT2D eigenvalue weighted by Crippen LogP contribution is 2.29. The van der Waals surface area contributed by atoms with E-state index in [-0.39, 0.29) is 40.0 Å². The number of benzene rings is 4. The van der Waals surface area contributed by atoms with Gasteiger partial charge in [-0.1, -0.05) is 123 Å². The van der Waals surface area contributed by atoms with Crippen LogP contribution in [0.5, 0.6) is 0 Å². The molecule has 0 aliphatic heterocycles. The summed E-state index contributed by atoms with van der Waals surface area (Å²) in [4.78, 5) is 41.4. The maximum atomic E-state index is 14.0. The molecule has 4 heteroatoms. The molecule has 4 aromatic carbocycles. The Balaban J connectivity index is 1.87. The third-order valence-corrected chi connectivity index (χ3v) is 5.81. The molecule has 0 heterocycles. The lowest BCUT2D eigenvalue weighted by molar-refractivity contribution is 0.0307. The number of ether oxygens (including phenoxy) is 1. The van der Waals surface area contributed by atoms with Crippen molar-refractivity contribution in [1.29, 1.82) is 0 Å². The fourth-order valence-corrected chi connectivity index (χ4v) is 4.05. The van der Waals surface area contributed by atoms with Crippen LogP contribution < -0.4 is 0 Å². The lowest BCUT2D eigenvalue weighted by Gasteiger charge is -2.21. The van der Waals surface area contributed by atoms with Crippen LogP contribution in [-0.4, -0.2) is 24.0 Å². The summed E-state index contributed by atoms with van der Waals surface area (Å²) < 4.78 is 6.09. The summed E-state index contributed by atoms with van der Waals surface area (Å²) in [6.07, 6.45) is -0.905. The Morgan fingerprint density at radius 3 is 1.67 bits per heavy atom. The SMILES string of the molecule is CC(C)COC(C(=O)c1cccc(C(=O)c2ccccc2)c1C(=O)c1ccccc1)c1ccccc1. The van der Waals surface area contributed by atoms with Gasteiger partial charge in [0.05, 0.1) is 6.61 Å². The normalized spacial score (nSPS) is 11.8. The Morgan fingerprint density at radius 1 is 0.611 bits per heavy atom. The predicted octanol–water partition coefficient (Wildman–Crippen LogP) is 6.75. The lowest BCUT2D eigenvalue weighted by atomic mass is 9.86. The van der Waals surface area contributed by atoms with Crippen LogP contribution in [0, 0.1) is 5.92 Å². The molecule has 180 valence electrons. The first kappa shape index (κ1) is 25.0. The van der Waals surface area contributed by atoms with Gasteiger partial charge < -0.3 is 4.74 Å². The van der Waals surface area contributed by atoms with Crippen molar-refractivity contribution in [3.8, 4) is 0 Å². The molecular formula is C32H28O4. The number of rotatable bonds is 10. The minimum atomic E-state index is -0.905. The van der Waals surface area contributed by atoms with Crippen molar-refractivity contribution < 1.29 is 19.1 Å². The van der Waals surface area contributed by atoms with E-state index in [4.69, 9.17) is 4.74 Å². The van der Waals surface area contributed by atoms with E-state index in [0.717, 1.165) is 0 Å². The van der Waals surface area contributed by atoms with Crippen LogP contribution in [-0.2, 0) is 4.74 Å². The van der Waals surface area contributed by atoms with Gasteiger partial charge in [-0.3, -0.25) is 14.4 Å². The Bertz CT molecular complexity index is 1340. The van der Waals surface area contributed by atoms with Gasteiger partial charge in [0, 0.05) is 27.8 Å². The molecule has 36 heavy (non-hydrogen) atoms. The first-order valence-electron chi connectivity index (χ1n) is 12.0.